The fourth-order valence-corrected chi connectivity index (χ4v) is 2.83. The first-order chi connectivity index (χ1) is 13.2. The SMILES string of the molecule is Cn1c(CON2ON(c3ccc(F)c(Br)c3)C(=C(N)N)C2=N)ccc1[N+](=O)[O-]. The number of halogens is 2. The van der Waals surface area contributed by atoms with Crippen LogP contribution in [0, 0.1) is 21.3 Å². The highest BCUT2D eigenvalue weighted by atomic mass is 79.9. The molecule has 11 nitrogen and oxygen atoms in total. The van der Waals surface area contributed by atoms with E-state index >= 15 is 0 Å². The van der Waals surface area contributed by atoms with E-state index in [1.165, 1.54) is 41.9 Å². The van der Waals surface area contributed by atoms with Gasteiger partial charge in [0.25, 0.3) is 0 Å². The second-order valence-electron chi connectivity index (χ2n) is 5.66. The van der Waals surface area contributed by atoms with Gasteiger partial charge in [0.1, 0.15) is 23.9 Å². The van der Waals surface area contributed by atoms with Crippen LogP contribution in [0.5, 0.6) is 0 Å². The zero-order valence-electron chi connectivity index (χ0n) is 14.4. The summed E-state index contributed by atoms with van der Waals surface area (Å²) >= 11 is 3.07. The summed E-state index contributed by atoms with van der Waals surface area (Å²) in [5, 5.41) is 21.0. The Morgan fingerprint density at radius 3 is 2.68 bits per heavy atom. The Kier molecular flexibility index (Phi) is 5.22. The van der Waals surface area contributed by atoms with Crippen molar-refractivity contribution in [1.29, 1.82) is 5.41 Å². The van der Waals surface area contributed by atoms with Crippen LogP contribution in [0.2, 0.25) is 0 Å². The number of nitrogens with one attached hydrogen (secondary N) is 1. The lowest BCUT2D eigenvalue weighted by Gasteiger charge is -2.18. The van der Waals surface area contributed by atoms with E-state index in [-0.39, 0.29) is 34.3 Å². The van der Waals surface area contributed by atoms with Gasteiger partial charge in [-0.2, -0.15) is 5.06 Å². The Labute approximate surface area is 166 Å². The molecule has 28 heavy (non-hydrogen) atoms. The van der Waals surface area contributed by atoms with Gasteiger partial charge in [-0.1, -0.05) is 5.23 Å². The molecule has 0 radical (unpaired) electrons. The molecule has 1 aliphatic rings. The van der Waals surface area contributed by atoms with Crippen molar-refractivity contribution < 1.29 is 19.1 Å². The van der Waals surface area contributed by atoms with Crippen LogP contribution in [0.1, 0.15) is 5.69 Å². The van der Waals surface area contributed by atoms with Crippen LogP contribution < -0.4 is 16.5 Å². The molecule has 0 amide bonds. The highest BCUT2D eigenvalue weighted by Gasteiger charge is 2.37. The minimum atomic E-state index is -0.526. The molecule has 3 rings (SSSR count). The van der Waals surface area contributed by atoms with Gasteiger partial charge in [0.2, 0.25) is 5.84 Å². The number of nitro groups is 1. The topological polar surface area (TPSA) is 149 Å². The van der Waals surface area contributed by atoms with Crippen LogP contribution in [0.3, 0.4) is 0 Å². The molecular weight excluding hydrogens is 441 g/mol. The zero-order valence-corrected chi connectivity index (χ0v) is 16.0. The minimum absolute atomic E-state index is 0.00336. The first kappa shape index (κ1) is 19.6. The van der Waals surface area contributed by atoms with E-state index in [9.17, 15) is 14.5 Å². The summed E-state index contributed by atoms with van der Waals surface area (Å²) in [4.78, 5) is 21.3. The maximum Gasteiger partial charge on any atom is 0.323 e. The lowest BCUT2D eigenvalue weighted by atomic mass is 10.3. The fourth-order valence-electron chi connectivity index (χ4n) is 2.46. The third-order valence-corrected chi connectivity index (χ3v) is 4.50. The fraction of sp³-hybridized carbons (Fsp3) is 0.133. The van der Waals surface area contributed by atoms with Crippen LogP contribution in [-0.2, 0) is 23.4 Å². The third kappa shape index (κ3) is 3.49. The first-order valence-electron chi connectivity index (χ1n) is 7.70. The minimum Gasteiger partial charge on any atom is -0.384 e. The number of hydrogen-bond donors (Lipinski definition) is 3. The van der Waals surface area contributed by atoms with Gasteiger partial charge in [0, 0.05) is 6.07 Å². The molecule has 1 saturated heterocycles. The summed E-state index contributed by atoms with van der Waals surface area (Å²) in [6, 6.07) is 6.86. The van der Waals surface area contributed by atoms with E-state index in [1.54, 1.807) is 0 Å². The van der Waals surface area contributed by atoms with E-state index < -0.39 is 10.7 Å². The number of hydroxylamine groups is 3. The van der Waals surface area contributed by atoms with Crippen molar-refractivity contribution in [3.05, 3.63) is 67.9 Å². The van der Waals surface area contributed by atoms with Crippen LogP contribution in [-0.4, -0.2) is 20.6 Å². The van der Waals surface area contributed by atoms with E-state index in [1.807, 2.05) is 0 Å². The molecule has 0 unspecified atom stereocenters. The molecule has 2 heterocycles. The van der Waals surface area contributed by atoms with Crippen LogP contribution >= 0.6 is 15.9 Å². The first-order valence-corrected chi connectivity index (χ1v) is 8.49. The van der Waals surface area contributed by atoms with Crippen LogP contribution in [0.4, 0.5) is 15.9 Å². The molecule has 5 N–H and O–H groups in total. The molecule has 0 aliphatic carbocycles. The summed E-state index contributed by atoms with van der Waals surface area (Å²) in [7, 11) is 1.51. The number of rotatable bonds is 5. The molecule has 1 aromatic heterocycles. The predicted octanol–water partition coefficient (Wildman–Crippen LogP) is 2.00. The molecule has 1 aromatic carbocycles. The van der Waals surface area contributed by atoms with Gasteiger partial charge in [-0.25, -0.2) is 13.8 Å². The Hall–Kier alpha value is -3.16. The molecule has 0 atom stereocenters. The van der Waals surface area contributed by atoms with Crippen molar-refractivity contribution >= 4 is 33.3 Å². The molecule has 0 spiro atoms. The Morgan fingerprint density at radius 2 is 2.11 bits per heavy atom. The van der Waals surface area contributed by atoms with Crippen molar-refractivity contribution in [3.63, 3.8) is 0 Å². The van der Waals surface area contributed by atoms with Crippen molar-refractivity contribution in [3.8, 4) is 0 Å². The quantitative estimate of drug-likeness (QED) is 0.457. The molecule has 0 bridgehead atoms. The molecule has 0 saturated carbocycles. The largest absolute Gasteiger partial charge is 0.384 e. The molecule has 148 valence electrons. The summed E-state index contributed by atoms with van der Waals surface area (Å²) in [5.74, 6) is -1.11. The number of aromatic nitrogens is 1. The van der Waals surface area contributed by atoms with Gasteiger partial charge < -0.3 is 21.6 Å². The smallest absolute Gasteiger partial charge is 0.323 e. The summed E-state index contributed by atoms with van der Waals surface area (Å²) in [5.41, 5.74) is 12.1. The number of nitrogens with two attached hydrogens (primary N) is 2. The van der Waals surface area contributed by atoms with Crippen molar-refractivity contribution in [2.75, 3.05) is 5.06 Å². The maximum atomic E-state index is 13.5. The number of nitrogens with zero attached hydrogens (tertiary/aromatic N) is 4. The van der Waals surface area contributed by atoms with Gasteiger partial charge in [-0.15, -0.1) is 4.94 Å². The second kappa shape index (κ2) is 7.46. The molecule has 13 heteroatoms. The van der Waals surface area contributed by atoms with Gasteiger partial charge in [-0.05, 0) is 45.1 Å². The lowest BCUT2D eigenvalue weighted by Crippen LogP contribution is -2.26. The average molecular weight is 456 g/mol. The zero-order chi connectivity index (χ0) is 20.6. The highest BCUT2D eigenvalue weighted by Crippen LogP contribution is 2.31. The number of benzene rings is 1. The van der Waals surface area contributed by atoms with Gasteiger partial charge in [-0.3, -0.25) is 5.41 Å². The van der Waals surface area contributed by atoms with E-state index in [0.29, 0.717) is 11.4 Å². The van der Waals surface area contributed by atoms with Crippen LogP contribution in [0.25, 0.3) is 0 Å². The number of anilines is 1. The predicted molar refractivity (Wildman–Crippen MR) is 99.5 cm³/mol. The van der Waals surface area contributed by atoms with Gasteiger partial charge in [0.05, 0.1) is 17.2 Å². The summed E-state index contributed by atoms with van der Waals surface area (Å²) in [6.07, 6.45) is 0. The monoisotopic (exact) mass is 455 g/mol. The number of hydrogen-bond acceptors (Lipinski definition) is 8. The molecule has 1 aliphatic heterocycles. The van der Waals surface area contributed by atoms with E-state index in [0.717, 1.165) is 10.3 Å². The van der Waals surface area contributed by atoms with Gasteiger partial charge in [0.15, 0.2) is 5.70 Å². The van der Waals surface area contributed by atoms with E-state index in [2.05, 4.69) is 15.9 Å². The summed E-state index contributed by atoms with van der Waals surface area (Å²) in [6.45, 7) is -0.134. The Bertz CT molecular complexity index is 989. The lowest BCUT2D eigenvalue weighted by molar-refractivity contribution is -0.392. The molecular formula is C15H15BrFN7O4. The van der Waals surface area contributed by atoms with Crippen molar-refractivity contribution in [1.82, 2.24) is 9.79 Å². The third-order valence-electron chi connectivity index (χ3n) is 3.89. The molecule has 2 aromatic rings. The van der Waals surface area contributed by atoms with E-state index in [4.69, 9.17) is 26.7 Å². The van der Waals surface area contributed by atoms with Crippen molar-refractivity contribution in [2.24, 2.45) is 18.5 Å². The standard InChI is InChI=1S/C15H15BrFN7O4/c1-21-9(3-5-12(21)23(25)26)7-27-24-15(20)13(14(18)19)22(28-24)8-2-4-11(17)10(16)6-8/h2-6,20H,7,18-19H2,1H3. The van der Waals surface area contributed by atoms with Crippen LogP contribution in [0.15, 0.2) is 46.3 Å². The molecule has 1 fully saturated rings. The summed E-state index contributed by atoms with van der Waals surface area (Å²) < 4.78 is 15.0. The normalized spacial score (nSPS) is 14.1. The Balaban J connectivity index is 1.82. The van der Waals surface area contributed by atoms with Crippen molar-refractivity contribution in [2.45, 2.75) is 6.61 Å². The Morgan fingerprint density at radius 1 is 1.39 bits per heavy atom. The number of amidine groups is 1. The average Bonchev–Trinajstić information content (AvgIpc) is 3.15. The maximum absolute atomic E-state index is 13.5. The second-order valence-corrected chi connectivity index (χ2v) is 6.51. The highest BCUT2D eigenvalue weighted by molar-refractivity contribution is 9.10. The van der Waals surface area contributed by atoms with Gasteiger partial charge >= 0.3 is 5.82 Å².